The van der Waals surface area contributed by atoms with Crippen molar-refractivity contribution >= 4 is 11.8 Å². The maximum absolute atomic E-state index is 12.6. The number of ether oxygens (including phenoxy) is 1. The normalized spacial score (nSPS) is 13.2. The Hall–Kier alpha value is -1.57. The van der Waals surface area contributed by atoms with Crippen molar-refractivity contribution in [3.05, 3.63) is 11.8 Å². The highest BCUT2D eigenvalue weighted by Crippen LogP contribution is 2.29. The van der Waals surface area contributed by atoms with Crippen LogP contribution >= 0.6 is 0 Å². The van der Waals surface area contributed by atoms with Crippen molar-refractivity contribution in [3.8, 4) is 0 Å². The first-order valence-electron chi connectivity index (χ1n) is 5.73. The van der Waals surface area contributed by atoms with Gasteiger partial charge in [-0.15, -0.1) is 0 Å². The quantitative estimate of drug-likeness (QED) is 0.835. The first kappa shape index (κ1) is 15.5. The van der Waals surface area contributed by atoms with Crippen molar-refractivity contribution in [3.63, 3.8) is 0 Å². The van der Waals surface area contributed by atoms with Crippen LogP contribution < -0.4 is 10.6 Å². The molecule has 5 nitrogen and oxygen atoms in total. The monoisotopic (exact) mass is 278 g/mol. The number of rotatable bonds is 6. The predicted molar refractivity (Wildman–Crippen MR) is 66.1 cm³/mol. The molecule has 0 amide bonds. The van der Waals surface area contributed by atoms with E-state index in [4.69, 9.17) is 4.74 Å². The number of halogens is 3. The molecule has 1 rings (SSSR count). The first-order valence-corrected chi connectivity index (χ1v) is 5.73. The summed E-state index contributed by atoms with van der Waals surface area (Å²) in [6, 6.07) is 0.889. The third-order valence-corrected chi connectivity index (χ3v) is 2.32. The van der Waals surface area contributed by atoms with E-state index in [2.05, 4.69) is 20.6 Å². The van der Waals surface area contributed by atoms with Crippen LogP contribution in [0, 0.1) is 5.92 Å². The Morgan fingerprint density at radius 3 is 2.58 bits per heavy atom. The Balaban J connectivity index is 2.83. The first-order chi connectivity index (χ1) is 8.86. The van der Waals surface area contributed by atoms with Gasteiger partial charge in [0.25, 0.3) is 0 Å². The summed E-state index contributed by atoms with van der Waals surface area (Å²) in [6.07, 6.45) is -4.50. The Morgan fingerprint density at radius 1 is 1.37 bits per heavy atom. The number of alkyl halides is 3. The van der Waals surface area contributed by atoms with Gasteiger partial charge in [0, 0.05) is 26.8 Å². The number of nitrogens with zero attached hydrogens (tertiary/aromatic N) is 2. The van der Waals surface area contributed by atoms with Crippen LogP contribution in [-0.2, 0) is 10.9 Å². The minimum Gasteiger partial charge on any atom is -0.384 e. The molecule has 0 aliphatic rings. The van der Waals surface area contributed by atoms with Crippen LogP contribution in [0.2, 0.25) is 0 Å². The zero-order valence-electron chi connectivity index (χ0n) is 11.0. The fourth-order valence-electron chi connectivity index (χ4n) is 1.42. The molecule has 0 radical (unpaired) electrons. The maximum atomic E-state index is 12.6. The van der Waals surface area contributed by atoms with Crippen molar-refractivity contribution < 1.29 is 17.9 Å². The van der Waals surface area contributed by atoms with E-state index in [-0.39, 0.29) is 17.7 Å². The highest BCUT2D eigenvalue weighted by atomic mass is 19.4. The van der Waals surface area contributed by atoms with Crippen molar-refractivity contribution in [2.75, 3.05) is 37.9 Å². The van der Waals surface area contributed by atoms with Crippen LogP contribution in [0.1, 0.15) is 12.6 Å². The molecule has 1 aromatic heterocycles. The van der Waals surface area contributed by atoms with Crippen LogP contribution in [0.4, 0.5) is 24.9 Å². The third-order valence-electron chi connectivity index (χ3n) is 2.32. The Kier molecular flexibility index (Phi) is 5.34. The Bertz CT molecular complexity index is 411. The fraction of sp³-hybridized carbons (Fsp3) is 0.636. The number of nitrogens with one attached hydrogen (secondary N) is 2. The lowest BCUT2D eigenvalue weighted by atomic mass is 10.2. The van der Waals surface area contributed by atoms with Crippen LogP contribution in [0.25, 0.3) is 0 Å². The molecule has 0 saturated heterocycles. The molecule has 108 valence electrons. The summed E-state index contributed by atoms with van der Waals surface area (Å²) >= 11 is 0. The molecule has 1 heterocycles. The van der Waals surface area contributed by atoms with Crippen LogP contribution in [0.3, 0.4) is 0 Å². The summed E-state index contributed by atoms with van der Waals surface area (Å²) < 4.78 is 42.9. The van der Waals surface area contributed by atoms with E-state index in [1.54, 1.807) is 7.11 Å². The van der Waals surface area contributed by atoms with Gasteiger partial charge in [-0.3, -0.25) is 0 Å². The van der Waals surface area contributed by atoms with E-state index in [1.807, 2.05) is 6.92 Å². The molecular formula is C11H17F3N4O. The van der Waals surface area contributed by atoms with E-state index in [0.717, 1.165) is 6.07 Å². The molecule has 1 atom stereocenters. The average Bonchev–Trinajstić information content (AvgIpc) is 2.35. The van der Waals surface area contributed by atoms with Gasteiger partial charge in [-0.2, -0.15) is 18.2 Å². The van der Waals surface area contributed by atoms with E-state index in [0.29, 0.717) is 13.2 Å². The molecule has 19 heavy (non-hydrogen) atoms. The van der Waals surface area contributed by atoms with Gasteiger partial charge >= 0.3 is 6.18 Å². The second-order valence-corrected chi connectivity index (χ2v) is 4.15. The third kappa shape index (κ3) is 4.90. The largest absolute Gasteiger partial charge is 0.433 e. The number of hydrogen-bond acceptors (Lipinski definition) is 5. The molecule has 2 N–H and O–H groups in total. The molecule has 0 bridgehead atoms. The van der Waals surface area contributed by atoms with Crippen LogP contribution in [0.5, 0.6) is 0 Å². The van der Waals surface area contributed by atoms with Gasteiger partial charge in [0.05, 0.1) is 6.61 Å². The second kappa shape index (κ2) is 6.55. The highest BCUT2D eigenvalue weighted by molar-refractivity contribution is 5.42. The summed E-state index contributed by atoms with van der Waals surface area (Å²) in [5.74, 6) is 0.221. The van der Waals surface area contributed by atoms with Crippen molar-refractivity contribution in [2.24, 2.45) is 5.92 Å². The van der Waals surface area contributed by atoms with Crippen molar-refractivity contribution in [1.82, 2.24) is 9.97 Å². The summed E-state index contributed by atoms with van der Waals surface area (Å²) in [7, 11) is 3.04. The van der Waals surface area contributed by atoms with Gasteiger partial charge in [-0.05, 0) is 5.92 Å². The molecule has 0 saturated carbocycles. The summed E-state index contributed by atoms with van der Waals surface area (Å²) in [6.45, 7) is 2.90. The molecule has 0 aliphatic carbocycles. The molecule has 8 heteroatoms. The highest BCUT2D eigenvalue weighted by Gasteiger charge is 2.33. The fourth-order valence-corrected chi connectivity index (χ4v) is 1.42. The van der Waals surface area contributed by atoms with Gasteiger partial charge in [0.2, 0.25) is 5.95 Å². The SMILES string of the molecule is CNc1nc(NCC(C)COC)cc(C(F)(F)F)n1. The summed E-state index contributed by atoms with van der Waals surface area (Å²) in [5.41, 5.74) is -0.978. The zero-order chi connectivity index (χ0) is 14.5. The lowest BCUT2D eigenvalue weighted by Gasteiger charge is -2.14. The maximum Gasteiger partial charge on any atom is 0.433 e. The average molecular weight is 278 g/mol. The number of anilines is 2. The lowest BCUT2D eigenvalue weighted by Crippen LogP contribution is -2.18. The van der Waals surface area contributed by atoms with E-state index < -0.39 is 11.9 Å². The summed E-state index contributed by atoms with van der Waals surface area (Å²) in [4.78, 5) is 7.30. The van der Waals surface area contributed by atoms with E-state index in [1.165, 1.54) is 7.05 Å². The Morgan fingerprint density at radius 2 is 2.05 bits per heavy atom. The predicted octanol–water partition coefficient (Wildman–Crippen LogP) is 2.23. The van der Waals surface area contributed by atoms with Gasteiger partial charge in [0.1, 0.15) is 5.82 Å². The molecule has 1 aromatic rings. The van der Waals surface area contributed by atoms with Crippen LogP contribution in [0.15, 0.2) is 6.07 Å². The molecule has 1 unspecified atom stereocenters. The molecule has 0 aliphatic heterocycles. The molecule has 0 aromatic carbocycles. The van der Waals surface area contributed by atoms with Gasteiger partial charge in [-0.25, -0.2) is 4.98 Å². The molecule has 0 spiro atoms. The standard InChI is InChI=1S/C11H17F3N4O/c1-7(6-19-3)5-16-9-4-8(11(12,13)14)17-10(15-2)18-9/h4,7H,5-6H2,1-3H3,(H2,15,16,17,18). The number of aromatic nitrogens is 2. The molecular weight excluding hydrogens is 261 g/mol. The van der Waals surface area contributed by atoms with E-state index in [9.17, 15) is 13.2 Å². The lowest BCUT2D eigenvalue weighted by molar-refractivity contribution is -0.141. The topological polar surface area (TPSA) is 59.1 Å². The number of methoxy groups -OCH3 is 1. The second-order valence-electron chi connectivity index (χ2n) is 4.15. The van der Waals surface area contributed by atoms with Crippen LogP contribution in [-0.4, -0.2) is 37.3 Å². The van der Waals surface area contributed by atoms with Gasteiger partial charge < -0.3 is 15.4 Å². The van der Waals surface area contributed by atoms with Crippen molar-refractivity contribution in [2.45, 2.75) is 13.1 Å². The summed E-state index contributed by atoms with van der Waals surface area (Å²) in [5, 5.41) is 5.35. The van der Waals surface area contributed by atoms with Gasteiger partial charge in [0.15, 0.2) is 5.69 Å². The zero-order valence-corrected chi connectivity index (χ0v) is 11.0. The van der Waals surface area contributed by atoms with Gasteiger partial charge in [-0.1, -0.05) is 6.92 Å². The van der Waals surface area contributed by atoms with Crippen molar-refractivity contribution in [1.29, 1.82) is 0 Å². The number of hydrogen-bond donors (Lipinski definition) is 2. The minimum atomic E-state index is -4.50. The minimum absolute atomic E-state index is 0.0725. The smallest absolute Gasteiger partial charge is 0.384 e. The Labute approximate surface area is 109 Å². The van der Waals surface area contributed by atoms with E-state index >= 15 is 0 Å². The molecule has 0 fully saturated rings.